The largest absolute Gasteiger partial charge is 0.326 e. The summed E-state index contributed by atoms with van der Waals surface area (Å²) in [6.07, 6.45) is 0.815. The van der Waals surface area contributed by atoms with Gasteiger partial charge in [-0.3, -0.25) is 9.59 Å². The molecule has 0 saturated heterocycles. The summed E-state index contributed by atoms with van der Waals surface area (Å²) in [5, 5.41) is 8.31. The fourth-order valence-corrected chi connectivity index (χ4v) is 1.64. The van der Waals surface area contributed by atoms with E-state index in [0.29, 0.717) is 5.69 Å². The second-order valence-corrected chi connectivity index (χ2v) is 3.99. The van der Waals surface area contributed by atoms with Crippen molar-refractivity contribution in [2.24, 2.45) is 0 Å². The predicted molar refractivity (Wildman–Crippen MR) is 72.7 cm³/mol. The third-order valence-electron chi connectivity index (χ3n) is 2.42. The predicted octanol–water partition coefficient (Wildman–Crippen LogP) is 1.37. The molecule has 0 unspecified atom stereocenters. The third-order valence-corrected chi connectivity index (χ3v) is 2.42. The summed E-state index contributed by atoms with van der Waals surface area (Å²) in [5.74, 6) is -0.237. The van der Waals surface area contributed by atoms with E-state index in [0.717, 1.165) is 17.7 Å². The van der Waals surface area contributed by atoms with Gasteiger partial charge in [0, 0.05) is 18.3 Å². The fourth-order valence-electron chi connectivity index (χ4n) is 1.64. The lowest BCUT2D eigenvalue weighted by Gasteiger charge is -2.12. The van der Waals surface area contributed by atoms with Crippen molar-refractivity contribution in [3.63, 3.8) is 0 Å². The first-order valence-electron chi connectivity index (χ1n) is 5.91. The highest BCUT2D eigenvalue weighted by Gasteiger charge is 2.07. The van der Waals surface area contributed by atoms with E-state index in [1.165, 1.54) is 6.92 Å². The van der Waals surface area contributed by atoms with E-state index < -0.39 is 0 Å². The van der Waals surface area contributed by atoms with Gasteiger partial charge in [0.1, 0.15) is 0 Å². The number of amides is 2. The van der Waals surface area contributed by atoms with Gasteiger partial charge in [-0.2, -0.15) is 0 Å². The molecule has 1 rings (SSSR count). The molecule has 98 valence electrons. The molecule has 0 atom stereocenters. The quantitative estimate of drug-likeness (QED) is 0.738. The molecule has 0 fully saturated rings. The molecule has 0 aliphatic heterocycles. The normalized spacial score (nSPS) is 9.94. The average Bonchev–Trinajstić information content (AvgIpc) is 2.28. The number of hydrogen-bond acceptors (Lipinski definition) is 3. The van der Waals surface area contributed by atoms with E-state index in [4.69, 9.17) is 0 Å². The Morgan fingerprint density at radius 3 is 2.50 bits per heavy atom. The van der Waals surface area contributed by atoms with E-state index in [-0.39, 0.29) is 18.4 Å². The fraction of sp³-hybridized carbons (Fsp3) is 0.385. The van der Waals surface area contributed by atoms with Gasteiger partial charge in [-0.1, -0.05) is 13.0 Å². The highest BCUT2D eigenvalue weighted by molar-refractivity contribution is 5.95. The first-order chi connectivity index (χ1) is 8.56. The van der Waals surface area contributed by atoms with Gasteiger partial charge in [0.25, 0.3) is 0 Å². The van der Waals surface area contributed by atoms with Crippen LogP contribution in [0.1, 0.15) is 19.4 Å². The zero-order valence-corrected chi connectivity index (χ0v) is 11.0. The van der Waals surface area contributed by atoms with Gasteiger partial charge in [0.15, 0.2) is 0 Å². The number of carbonyl (C=O) groups excluding carboxylic acids is 2. The Kier molecular flexibility index (Phi) is 5.32. The Bertz CT molecular complexity index is 444. The van der Waals surface area contributed by atoms with Crippen molar-refractivity contribution in [1.82, 2.24) is 5.32 Å². The highest BCUT2D eigenvalue weighted by Crippen LogP contribution is 2.21. The number of benzene rings is 1. The summed E-state index contributed by atoms with van der Waals surface area (Å²) in [6.45, 7) is 3.72. The van der Waals surface area contributed by atoms with Crippen molar-refractivity contribution in [1.29, 1.82) is 0 Å². The van der Waals surface area contributed by atoms with Crippen LogP contribution in [0.15, 0.2) is 18.2 Å². The van der Waals surface area contributed by atoms with Crippen molar-refractivity contribution in [2.75, 3.05) is 24.2 Å². The van der Waals surface area contributed by atoms with E-state index in [2.05, 4.69) is 16.0 Å². The summed E-state index contributed by atoms with van der Waals surface area (Å²) in [4.78, 5) is 22.5. The number of aryl methyl sites for hydroxylation is 1. The summed E-state index contributed by atoms with van der Waals surface area (Å²) in [5.41, 5.74) is 2.46. The lowest BCUT2D eigenvalue weighted by Crippen LogP contribution is -2.25. The minimum absolute atomic E-state index is 0.104. The maximum atomic E-state index is 11.6. The van der Waals surface area contributed by atoms with E-state index >= 15 is 0 Å². The van der Waals surface area contributed by atoms with Crippen molar-refractivity contribution in [2.45, 2.75) is 20.3 Å². The molecule has 0 spiro atoms. The monoisotopic (exact) mass is 249 g/mol. The van der Waals surface area contributed by atoms with Crippen LogP contribution in [0.2, 0.25) is 0 Å². The van der Waals surface area contributed by atoms with E-state index in [1.54, 1.807) is 13.1 Å². The molecule has 0 saturated carbocycles. The lowest BCUT2D eigenvalue weighted by molar-refractivity contribution is -0.115. The number of anilines is 2. The van der Waals surface area contributed by atoms with Crippen LogP contribution < -0.4 is 16.0 Å². The summed E-state index contributed by atoms with van der Waals surface area (Å²) in [6, 6.07) is 5.50. The zero-order chi connectivity index (χ0) is 13.5. The van der Waals surface area contributed by atoms with Gasteiger partial charge in [-0.15, -0.1) is 0 Å². The van der Waals surface area contributed by atoms with Gasteiger partial charge in [-0.25, -0.2) is 0 Å². The van der Waals surface area contributed by atoms with Gasteiger partial charge >= 0.3 is 0 Å². The van der Waals surface area contributed by atoms with Crippen LogP contribution in [0, 0.1) is 0 Å². The second-order valence-electron chi connectivity index (χ2n) is 3.99. The number of likely N-dealkylation sites (N-methyl/N-ethyl adjacent to an activating group) is 1. The molecule has 0 heterocycles. The van der Waals surface area contributed by atoms with Crippen LogP contribution >= 0.6 is 0 Å². The summed E-state index contributed by atoms with van der Waals surface area (Å²) >= 11 is 0. The van der Waals surface area contributed by atoms with Crippen molar-refractivity contribution >= 4 is 23.2 Å². The minimum atomic E-state index is -0.133. The van der Waals surface area contributed by atoms with Gasteiger partial charge in [0.05, 0.1) is 6.54 Å². The standard InChI is InChI=1S/C13H19N3O2/c1-4-10-5-6-11(15-9(2)17)7-12(10)16-13(18)8-14-3/h5-7,14H,4,8H2,1-3H3,(H,15,17)(H,16,18). The zero-order valence-electron chi connectivity index (χ0n) is 11.0. The first kappa shape index (κ1) is 14.2. The molecule has 5 nitrogen and oxygen atoms in total. The SMILES string of the molecule is CCc1ccc(NC(C)=O)cc1NC(=O)CNC. The number of hydrogen-bond donors (Lipinski definition) is 3. The Labute approximate surface area is 107 Å². The van der Waals surface area contributed by atoms with E-state index in [9.17, 15) is 9.59 Å². The Balaban J connectivity index is 2.91. The second kappa shape index (κ2) is 6.76. The molecule has 1 aromatic carbocycles. The summed E-state index contributed by atoms with van der Waals surface area (Å²) < 4.78 is 0. The number of rotatable bonds is 5. The number of nitrogens with one attached hydrogen (secondary N) is 3. The highest BCUT2D eigenvalue weighted by atomic mass is 16.2. The van der Waals surface area contributed by atoms with Gasteiger partial charge < -0.3 is 16.0 Å². The molecular formula is C13H19N3O2. The molecule has 18 heavy (non-hydrogen) atoms. The third kappa shape index (κ3) is 4.18. The van der Waals surface area contributed by atoms with Crippen LogP contribution in [0.5, 0.6) is 0 Å². The van der Waals surface area contributed by atoms with Gasteiger partial charge in [0.2, 0.25) is 11.8 Å². The number of carbonyl (C=O) groups is 2. The molecule has 0 radical (unpaired) electrons. The molecule has 0 aromatic heterocycles. The maximum Gasteiger partial charge on any atom is 0.238 e. The summed E-state index contributed by atoms with van der Waals surface area (Å²) in [7, 11) is 1.72. The molecule has 0 aliphatic carbocycles. The molecule has 0 aliphatic rings. The minimum Gasteiger partial charge on any atom is -0.326 e. The molecule has 5 heteroatoms. The Morgan fingerprint density at radius 1 is 1.22 bits per heavy atom. The van der Waals surface area contributed by atoms with Gasteiger partial charge in [-0.05, 0) is 31.2 Å². The van der Waals surface area contributed by atoms with Crippen molar-refractivity contribution < 1.29 is 9.59 Å². The molecular weight excluding hydrogens is 230 g/mol. The maximum absolute atomic E-state index is 11.6. The molecule has 2 amide bonds. The molecule has 0 bridgehead atoms. The van der Waals surface area contributed by atoms with Crippen LogP contribution in [-0.4, -0.2) is 25.4 Å². The van der Waals surface area contributed by atoms with Crippen molar-refractivity contribution in [3.05, 3.63) is 23.8 Å². The van der Waals surface area contributed by atoms with Crippen LogP contribution in [0.4, 0.5) is 11.4 Å². The topological polar surface area (TPSA) is 70.2 Å². The average molecular weight is 249 g/mol. The Hall–Kier alpha value is -1.88. The Morgan fingerprint density at radius 2 is 1.94 bits per heavy atom. The van der Waals surface area contributed by atoms with Crippen molar-refractivity contribution in [3.8, 4) is 0 Å². The first-order valence-corrected chi connectivity index (χ1v) is 5.91. The molecule has 1 aromatic rings. The molecule has 3 N–H and O–H groups in total. The van der Waals surface area contributed by atoms with Crippen LogP contribution in [0.3, 0.4) is 0 Å². The lowest BCUT2D eigenvalue weighted by atomic mass is 10.1. The van der Waals surface area contributed by atoms with E-state index in [1.807, 2.05) is 19.1 Å². The smallest absolute Gasteiger partial charge is 0.238 e. The van der Waals surface area contributed by atoms with Crippen LogP contribution in [0.25, 0.3) is 0 Å². The van der Waals surface area contributed by atoms with Crippen LogP contribution in [-0.2, 0) is 16.0 Å².